The number of hydrogen-bond donors (Lipinski definition) is 1. The van der Waals surface area contributed by atoms with Crippen LogP contribution in [0, 0.1) is 5.92 Å². The molecule has 174 valence electrons. The highest BCUT2D eigenvalue weighted by Gasteiger charge is 2.29. The van der Waals surface area contributed by atoms with Gasteiger partial charge in [0.25, 0.3) is 5.91 Å². The molecular formula is C24H33N3O4S. The first-order chi connectivity index (χ1) is 15.2. The summed E-state index contributed by atoms with van der Waals surface area (Å²) >= 11 is 0. The number of hydrogen-bond acceptors (Lipinski definition) is 5. The SMILES string of the molecule is COc1ccc(C(CNC(=O)c2cccc(S(=O)(=O)N3CCCC(C)C3)c2)N(C)C)cc1. The van der Waals surface area contributed by atoms with E-state index >= 15 is 0 Å². The summed E-state index contributed by atoms with van der Waals surface area (Å²) in [4.78, 5) is 15.0. The smallest absolute Gasteiger partial charge is 0.251 e. The minimum atomic E-state index is -3.61. The Bertz CT molecular complexity index is 1020. The summed E-state index contributed by atoms with van der Waals surface area (Å²) in [7, 11) is 1.92. The van der Waals surface area contributed by atoms with Gasteiger partial charge in [0.2, 0.25) is 10.0 Å². The molecule has 1 N–H and O–H groups in total. The topological polar surface area (TPSA) is 78.9 Å². The van der Waals surface area contributed by atoms with Gasteiger partial charge in [0.05, 0.1) is 18.0 Å². The van der Waals surface area contributed by atoms with Crippen LogP contribution in [0.5, 0.6) is 5.75 Å². The largest absolute Gasteiger partial charge is 0.497 e. The van der Waals surface area contributed by atoms with Gasteiger partial charge in [0, 0.05) is 25.2 Å². The van der Waals surface area contributed by atoms with Crippen LogP contribution >= 0.6 is 0 Å². The minimum absolute atomic E-state index is 0.0355. The summed E-state index contributed by atoms with van der Waals surface area (Å²) in [5.74, 6) is 0.816. The zero-order valence-electron chi connectivity index (χ0n) is 19.2. The molecular weight excluding hydrogens is 426 g/mol. The Balaban J connectivity index is 1.72. The lowest BCUT2D eigenvalue weighted by Gasteiger charge is -2.30. The average Bonchev–Trinajstić information content (AvgIpc) is 2.79. The van der Waals surface area contributed by atoms with Crippen molar-refractivity contribution in [1.29, 1.82) is 0 Å². The number of benzene rings is 2. The van der Waals surface area contributed by atoms with E-state index < -0.39 is 10.0 Å². The van der Waals surface area contributed by atoms with E-state index in [2.05, 4.69) is 12.2 Å². The molecule has 1 aliphatic rings. The fourth-order valence-electron chi connectivity index (χ4n) is 4.03. The maximum atomic E-state index is 13.1. The van der Waals surface area contributed by atoms with E-state index in [0.717, 1.165) is 24.2 Å². The van der Waals surface area contributed by atoms with Gasteiger partial charge in [-0.15, -0.1) is 0 Å². The van der Waals surface area contributed by atoms with Crippen LogP contribution < -0.4 is 10.1 Å². The van der Waals surface area contributed by atoms with Crippen molar-refractivity contribution < 1.29 is 17.9 Å². The number of amides is 1. The van der Waals surface area contributed by atoms with Crippen molar-refractivity contribution in [2.75, 3.05) is 40.8 Å². The fourth-order valence-corrected chi connectivity index (χ4v) is 5.67. The van der Waals surface area contributed by atoms with Crippen molar-refractivity contribution in [3.8, 4) is 5.75 Å². The van der Waals surface area contributed by atoms with Gasteiger partial charge in [-0.25, -0.2) is 8.42 Å². The maximum Gasteiger partial charge on any atom is 0.251 e. The van der Waals surface area contributed by atoms with E-state index in [0.29, 0.717) is 31.1 Å². The van der Waals surface area contributed by atoms with Crippen molar-refractivity contribution in [3.63, 3.8) is 0 Å². The van der Waals surface area contributed by atoms with Gasteiger partial charge < -0.3 is 15.0 Å². The number of nitrogens with zero attached hydrogens (tertiary/aromatic N) is 2. The monoisotopic (exact) mass is 459 g/mol. The first-order valence-electron chi connectivity index (χ1n) is 10.9. The molecule has 1 heterocycles. The Hall–Kier alpha value is -2.42. The van der Waals surface area contributed by atoms with Gasteiger partial charge >= 0.3 is 0 Å². The van der Waals surface area contributed by atoms with E-state index in [-0.39, 0.29) is 16.8 Å². The Kier molecular flexibility index (Phi) is 7.92. The standard InChI is InChI=1S/C24H33N3O4S/c1-18-7-6-14-27(17-18)32(29,30)22-9-5-8-20(15-22)24(28)25-16-23(26(2)3)19-10-12-21(31-4)13-11-19/h5,8-13,15,18,23H,6-7,14,16-17H2,1-4H3,(H,25,28). The molecule has 2 unspecified atom stereocenters. The summed E-state index contributed by atoms with van der Waals surface area (Å²) in [5, 5.41) is 2.95. The third kappa shape index (κ3) is 5.68. The van der Waals surface area contributed by atoms with Crippen molar-refractivity contribution in [2.24, 2.45) is 5.92 Å². The molecule has 8 heteroatoms. The van der Waals surface area contributed by atoms with Crippen LogP contribution in [0.3, 0.4) is 0 Å². The summed E-state index contributed by atoms with van der Waals surface area (Å²) in [5.41, 5.74) is 1.38. The third-order valence-corrected chi connectivity index (χ3v) is 7.79. The number of piperidine rings is 1. The number of ether oxygens (including phenoxy) is 1. The molecule has 0 aliphatic carbocycles. The van der Waals surface area contributed by atoms with Crippen LogP contribution in [0.15, 0.2) is 53.4 Å². The summed E-state index contributed by atoms with van der Waals surface area (Å²) in [6, 6.07) is 14.0. The zero-order valence-corrected chi connectivity index (χ0v) is 20.1. The molecule has 1 aliphatic heterocycles. The lowest BCUT2D eigenvalue weighted by atomic mass is 10.0. The van der Waals surface area contributed by atoms with E-state index in [9.17, 15) is 13.2 Å². The van der Waals surface area contributed by atoms with Crippen molar-refractivity contribution >= 4 is 15.9 Å². The number of carbonyl (C=O) groups excluding carboxylic acids is 1. The first kappa shape index (κ1) is 24.2. The molecule has 7 nitrogen and oxygen atoms in total. The number of rotatable bonds is 8. The predicted molar refractivity (Wildman–Crippen MR) is 125 cm³/mol. The van der Waals surface area contributed by atoms with Crippen LogP contribution in [0.4, 0.5) is 0 Å². The molecule has 32 heavy (non-hydrogen) atoms. The Morgan fingerprint density at radius 1 is 1.22 bits per heavy atom. The second kappa shape index (κ2) is 10.5. The molecule has 0 aromatic heterocycles. The molecule has 2 aromatic carbocycles. The van der Waals surface area contributed by atoms with Gasteiger partial charge in [-0.05, 0) is 68.8 Å². The third-order valence-electron chi connectivity index (χ3n) is 5.93. The van der Waals surface area contributed by atoms with Crippen molar-refractivity contribution in [3.05, 3.63) is 59.7 Å². The van der Waals surface area contributed by atoms with Crippen LogP contribution in [-0.4, -0.2) is 64.4 Å². The first-order valence-corrected chi connectivity index (χ1v) is 12.3. The summed E-state index contributed by atoms with van der Waals surface area (Å²) in [6.45, 7) is 3.49. The van der Waals surface area contributed by atoms with Crippen LogP contribution in [0.2, 0.25) is 0 Å². The second-order valence-electron chi connectivity index (χ2n) is 8.60. The quantitative estimate of drug-likeness (QED) is 0.656. The number of methoxy groups -OCH3 is 1. The molecule has 2 atom stereocenters. The minimum Gasteiger partial charge on any atom is -0.497 e. The summed E-state index contributed by atoms with van der Waals surface area (Å²) in [6.07, 6.45) is 1.90. The lowest BCUT2D eigenvalue weighted by molar-refractivity contribution is 0.0941. The Morgan fingerprint density at radius 3 is 2.56 bits per heavy atom. The number of sulfonamides is 1. The molecule has 2 aromatic rings. The molecule has 0 spiro atoms. The molecule has 1 saturated heterocycles. The van der Waals surface area contributed by atoms with E-state index in [1.165, 1.54) is 10.4 Å². The van der Waals surface area contributed by atoms with Gasteiger partial charge in [-0.1, -0.05) is 25.1 Å². The zero-order chi connectivity index (χ0) is 23.3. The number of carbonyl (C=O) groups is 1. The Labute approximate surface area is 191 Å². The molecule has 0 saturated carbocycles. The van der Waals surface area contributed by atoms with Gasteiger partial charge in [0.15, 0.2) is 0 Å². The fraction of sp³-hybridized carbons (Fsp3) is 0.458. The highest BCUT2D eigenvalue weighted by molar-refractivity contribution is 7.89. The van der Waals surface area contributed by atoms with Gasteiger partial charge in [-0.3, -0.25) is 4.79 Å². The van der Waals surface area contributed by atoms with E-state index in [1.807, 2.05) is 43.3 Å². The van der Waals surface area contributed by atoms with Crippen molar-refractivity contribution in [1.82, 2.24) is 14.5 Å². The highest BCUT2D eigenvalue weighted by Crippen LogP contribution is 2.24. The molecule has 3 rings (SSSR count). The van der Waals surface area contributed by atoms with Crippen LogP contribution in [0.1, 0.15) is 41.7 Å². The average molecular weight is 460 g/mol. The van der Waals surface area contributed by atoms with Gasteiger partial charge in [-0.2, -0.15) is 4.31 Å². The maximum absolute atomic E-state index is 13.1. The predicted octanol–water partition coefficient (Wildman–Crippen LogP) is 3.15. The number of likely N-dealkylation sites (N-methyl/N-ethyl adjacent to an activating group) is 1. The molecule has 1 fully saturated rings. The summed E-state index contributed by atoms with van der Waals surface area (Å²) < 4.78 is 32.9. The van der Waals surface area contributed by atoms with E-state index in [1.54, 1.807) is 25.3 Å². The number of nitrogens with one attached hydrogen (secondary N) is 1. The van der Waals surface area contributed by atoms with Crippen LogP contribution in [0.25, 0.3) is 0 Å². The molecule has 0 radical (unpaired) electrons. The normalized spacial score (nSPS) is 18.3. The molecule has 0 bridgehead atoms. The van der Waals surface area contributed by atoms with Crippen LogP contribution in [-0.2, 0) is 10.0 Å². The molecule has 1 amide bonds. The van der Waals surface area contributed by atoms with Gasteiger partial charge in [0.1, 0.15) is 5.75 Å². The Morgan fingerprint density at radius 2 is 1.94 bits per heavy atom. The highest BCUT2D eigenvalue weighted by atomic mass is 32.2. The van der Waals surface area contributed by atoms with E-state index in [4.69, 9.17) is 4.74 Å². The van der Waals surface area contributed by atoms with Crippen molar-refractivity contribution in [2.45, 2.75) is 30.7 Å². The lowest BCUT2D eigenvalue weighted by Crippen LogP contribution is -2.39. The second-order valence-corrected chi connectivity index (χ2v) is 10.5.